The Morgan fingerprint density at radius 1 is 1.33 bits per heavy atom. The van der Waals surface area contributed by atoms with Crippen LogP contribution in [0.2, 0.25) is 0 Å². The van der Waals surface area contributed by atoms with Gasteiger partial charge in [0, 0.05) is 36.4 Å². The maximum atomic E-state index is 10.6. The monoisotopic (exact) mass is 409 g/mol. The number of aryl methyl sites for hydroxylation is 1. The van der Waals surface area contributed by atoms with E-state index in [1.807, 2.05) is 12.3 Å². The highest BCUT2D eigenvalue weighted by molar-refractivity contribution is 5.58. The summed E-state index contributed by atoms with van der Waals surface area (Å²) in [4.78, 5) is 4.61. The number of nitrogens with one attached hydrogen (secondary N) is 1. The van der Waals surface area contributed by atoms with Crippen LogP contribution in [0.5, 0.6) is 0 Å². The van der Waals surface area contributed by atoms with Gasteiger partial charge in [0.15, 0.2) is 0 Å². The lowest BCUT2D eigenvalue weighted by Crippen LogP contribution is -2.24. The van der Waals surface area contributed by atoms with Crippen molar-refractivity contribution in [1.82, 2.24) is 25.2 Å². The van der Waals surface area contributed by atoms with Gasteiger partial charge < -0.3 is 14.4 Å². The molecule has 1 aromatic carbocycles. The van der Waals surface area contributed by atoms with Gasteiger partial charge >= 0.3 is 0 Å². The fourth-order valence-corrected chi connectivity index (χ4v) is 4.22. The number of ether oxygens (including phenoxy) is 1. The van der Waals surface area contributed by atoms with E-state index in [2.05, 4.69) is 32.7 Å². The molecule has 1 unspecified atom stereocenters. The zero-order valence-electron chi connectivity index (χ0n) is 17.1. The molecule has 0 spiro atoms. The molecule has 0 aliphatic heterocycles. The summed E-state index contributed by atoms with van der Waals surface area (Å²) in [6.45, 7) is 1.25. The number of benzene rings is 1. The topological polar surface area (TPSA) is 98.2 Å². The number of methoxy groups -OCH3 is 1. The van der Waals surface area contributed by atoms with Crippen LogP contribution in [0.4, 0.5) is 0 Å². The van der Waals surface area contributed by atoms with E-state index in [9.17, 15) is 5.11 Å². The van der Waals surface area contributed by atoms with Gasteiger partial charge in [-0.1, -0.05) is 23.7 Å². The quantitative estimate of drug-likeness (QED) is 0.552. The van der Waals surface area contributed by atoms with E-state index in [-0.39, 0.29) is 6.04 Å². The van der Waals surface area contributed by atoms with E-state index in [1.165, 1.54) is 17.5 Å². The van der Waals surface area contributed by atoms with Gasteiger partial charge in [-0.3, -0.25) is 10.00 Å². The van der Waals surface area contributed by atoms with E-state index >= 15 is 0 Å². The SMILES string of the molecule is COCCn1cc(C(O)N[C@@H]2CCc3cc(-c4noc(C5CCC5)n4)ccc32)cn1. The molecule has 8 nitrogen and oxygen atoms in total. The van der Waals surface area contributed by atoms with Crippen LogP contribution in [0.1, 0.15) is 66.5 Å². The average molecular weight is 409 g/mol. The van der Waals surface area contributed by atoms with Gasteiger partial charge in [0.2, 0.25) is 11.7 Å². The molecule has 3 aromatic rings. The summed E-state index contributed by atoms with van der Waals surface area (Å²) in [5, 5.41) is 22.4. The summed E-state index contributed by atoms with van der Waals surface area (Å²) in [5.41, 5.74) is 4.23. The molecule has 158 valence electrons. The van der Waals surface area contributed by atoms with Crippen molar-refractivity contribution < 1.29 is 14.4 Å². The highest BCUT2D eigenvalue weighted by atomic mass is 16.5. The fourth-order valence-electron chi connectivity index (χ4n) is 4.22. The fraction of sp³-hybridized carbons (Fsp3) is 0.500. The number of fused-ring (bicyclic) bond motifs is 1. The molecule has 2 atom stereocenters. The Hall–Kier alpha value is -2.55. The molecule has 2 aliphatic carbocycles. The Bertz CT molecular complexity index is 1010. The maximum Gasteiger partial charge on any atom is 0.230 e. The minimum Gasteiger partial charge on any atom is -0.383 e. The molecular weight excluding hydrogens is 382 g/mol. The molecule has 0 saturated heterocycles. The lowest BCUT2D eigenvalue weighted by atomic mass is 9.85. The maximum absolute atomic E-state index is 10.6. The number of aliphatic hydroxyl groups excluding tert-OH is 1. The summed E-state index contributed by atoms with van der Waals surface area (Å²) in [6.07, 6.45) is 8.21. The van der Waals surface area contributed by atoms with Gasteiger partial charge in [-0.25, -0.2) is 0 Å². The molecule has 0 amide bonds. The second-order valence-corrected chi connectivity index (χ2v) is 8.19. The van der Waals surface area contributed by atoms with Gasteiger partial charge in [0.25, 0.3) is 0 Å². The first kappa shape index (κ1) is 19.4. The Morgan fingerprint density at radius 3 is 3.03 bits per heavy atom. The summed E-state index contributed by atoms with van der Waals surface area (Å²) < 4.78 is 12.3. The minimum atomic E-state index is -0.765. The minimum absolute atomic E-state index is 0.0992. The van der Waals surface area contributed by atoms with E-state index in [1.54, 1.807) is 18.0 Å². The second kappa shape index (κ2) is 8.29. The number of nitrogens with zero attached hydrogens (tertiary/aromatic N) is 4. The summed E-state index contributed by atoms with van der Waals surface area (Å²) in [6, 6.07) is 6.41. The highest BCUT2D eigenvalue weighted by Crippen LogP contribution is 2.37. The summed E-state index contributed by atoms with van der Waals surface area (Å²) in [7, 11) is 1.66. The molecule has 2 aliphatic rings. The van der Waals surface area contributed by atoms with Crippen molar-refractivity contribution in [3.05, 3.63) is 53.2 Å². The zero-order chi connectivity index (χ0) is 20.5. The predicted octanol–water partition coefficient (Wildman–Crippen LogP) is 3.12. The van der Waals surface area contributed by atoms with Crippen molar-refractivity contribution in [3.8, 4) is 11.4 Å². The highest BCUT2D eigenvalue weighted by Gasteiger charge is 2.28. The number of hydrogen-bond donors (Lipinski definition) is 2. The molecule has 2 N–H and O–H groups in total. The van der Waals surface area contributed by atoms with Gasteiger partial charge in [0.1, 0.15) is 6.23 Å². The molecule has 1 fully saturated rings. The van der Waals surface area contributed by atoms with Crippen LogP contribution in [-0.4, -0.2) is 38.7 Å². The number of aliphatic hydroxyl groups is 1. The summed E-state index contributed by atoms with van der Waals surface area (Å²) in [5.74, 6) is 1.87. The van der Waals surface area contributed by atoms with Crippen LogP contribution in [0, 0.1) is 0 Å². The first-order valence-electron chi connectivity index (χ1n) is 10.6. The Kier molecular flexibility index (Phi) is 5.37. The lowest BCUT2D eigenvalue weighted by molar-refractivity contribution is 0.123. The van der Waals surface area contributed by atoms with Crippen LogP contribution in [0.25, 0.3) is 11.4 Å². The predicted molar refractivity (Wildman–Crippen MR) is 110 cm³/mol. The Labute approximate surface area is 175 Å². The second-order valence-electron chi connectivity index (χ2n) is 8.19. The number of hydrogen-bond acceptors (Lipinski definition) is 7. The average Bonchev–Trinajstić information content (AvgIpc) is 3.45. The summed E-state index contributed by atoms with van der Waals surface area (Å²) >= 11 is 0. The van der Waals surface area contributed by atoms with Crippen molar-refractivity contribution >= 4 is 0 Å². The zero-order valence-corrected chi connectivity index (χ0v) is 17.1. The van der Waals surface area contributed by atoms with Crippen molar-refractivity contribution in [2.45, 2.75) is 56.8 Å². The van der Waals surface area contributed by atoms with E-state index in [4.69, 9.17) is 9.26 Å². The molecule has 1 saturated carbocycles. The van der Waals surface area contributed by atoms with Crippen molar-refractivity contribution in [3.63, 3.8) is 0 Å². The van der Waals surface area contributed by atoms with Gasteiger partial charge in [-0.15, -0.1) is 0 Å². The molecule has 5 rings (SSSR count). The molecular formula is C22H27N5O3. The van der Waals surface area contributed by atoms with Crippen LogP contribution in [-0.2, 0) is 17.7 Å². The molecule has 8 heteroatoms. The molecule has 2 heterocycles. The van der Waals surface area contributed by atoms with Crippen LogP contribution >= 0.6 is 0 Å². The van der Waals surface area contributed by atoms with Crippen LogP contribution < -0.4 is 5.32 Å². The van der Waals surface area contributed by atoms with Crippen LogP contribution in [0.15, 0.2) is 35.1 Å². The molecule has 30 heavy (non-hydrogen) atoms. The van der Waals surface area contributed by atoms with Gasteiger partial charge in [-0.05, 0) is 42.9 Å². The third-order valence-corrected chi connectivity index (χ3v) is 6.23. The van der Waals surface area contributed by atoms with E-state index < -0.39 is 6.23 Å². The largest absolute Gasteiger partial charge is 0.383 e. The standard InChI is InChI=1S/C22H27N5O3/c1-29-10-9-27-13-17(12-23-27)21(28)24-19-8-6-15-11-16(5-7-18(15)19)20-25-22(30-26-20)14-3-2-4-14/h5,7,11-14,19,21,24,28H,2-4,6,8-10H2,1H3/t19-,21?/m1/s1. The lowest BCUT2D eigenvalue weighted by Gasteiger charge is -2.20. The Morgan fingerprint density at radius 2 is 2.23 bits per heavy atom. The smallest absolute Gasteiger partial charge is 0.230 e. The molecule has 2 aromatic heterocycles. The molecule has 0 radical (unpaired) electrons. The first-order chi connectivity index (χ1) is 14.7. The first-order valence-corrected chi connectivity index (χ1v) is 10.6. The van der Waals surface area contributed by atoms with Gasteiger partial charge in [0.05, 0.1) is 19.3 Å². The number of rotatable bonds is 8. The normalized spacial score (nSPS) is 19.6. The van der Waals surface area contributed by atoms with E-state index in [0.29, 0.717) is 24.9 Å². The molecule has 0 bridgehead atoms. The van der Waals surface area contributed by atoms with E-state index in [0.717, 1.165) is 42.7 Å². The number of aromatic nitrogens is 4. The third-order valence-electron chi connectivity index (χ3n) is 6.23. The van der Waals surface area contributed by atoms with Crippen LogP contribution in [0.3, 0.4) is 0 Å². The Balaban J connectivity index is 1.26. The third kappa shape index (κ3) is 3.78. The van der Waals surface area contributed by atoms with Crippen molar-refractivity contribution in [1.29, 1.82) is 0 Å². The van der Waals surface area contributed by atoms with Gasteiger partial charge in [-0.2, -0.15) is 10.1 Å². The van der Waals surface area contributed by atoms with Crippen molar-refractivity contribution in [2.24, 2.45) is 0 Å². The van der Waals surface area contributed by atoms with Crippen molar-refractivity contribution in [2.75, 3.05) is 13.7 Å².